The Labute approximate surface area is 453 Å². The van der Waals surface area contributed by atoms with E-state index in [-0.39, 0.29) is 37.5 Å². The van der Waals surface area contributed by atoms with Crippen molar-refractivity contribution in [2.75, 3.05) is 13.2 Å². The van der Waals surface area contributed by atoms with Crippen LogP contribution in [0, 0.1) is 0 Å². The molecule has 0 aromatic rings. The number of esters is 3. The molecule has 6 nitrogen and oxygen atoms in total. The lowest BCUT2D eigenvalue weighted by molar-refractivity contribution is -0.166. The molecule has 0 aliphatic heterocycles. The minimum Gasteiger partial charge on any atom is -0.462 e. The highest BCUT2D eigenvalue weighted by atomic mass is 16.6. The fourth-order valence-electron chi connectivity index (χ4n) is 9.28. The van der Waals surface area contributed by atoms with Crippen LogP contribution in [0.1, 0.15) is 329 Å². The predicted octanol–water partition coefficient (Wildman–Crippen LogP) is 21.6. The van der Waals surface area contributed by atoms with Gasteiger partial charge in [-0.2, -0.15) is 0 Å². The molecule has 0 rings (SSSR count). The lowest BCUT2D eigenvalue weighted by Crippen LogP contribution is -2.30. The number of rotatable bonds is 58. The molecule has 1 unspecified atom stereocenters. The summed E-state index contributed by atoms with van der Waals surface area (Å²) in [5.74, 6) is -0.975. The van der Waals surface area contributed by atoms with E-state index in [1.807, 2.05) is 6.08 Å². The van der Waals surface area contributed by atoms with Crippen molar-refractivity contribution in [1.82, 2.24) is 0 Å². The van der Waals surface area contributed by atoms with Crippen molar-refractivity contribution in [2.24, 2.45) is 0 Å². The van der Waals surface area contributed by atoms with E-state index in [0.717, 1.165) is 77.0 Å². The zero-order valence-corrected chi connectivity index (χ0v) is 48.7. The van der Waals surface area contributed by atoms with Crippen LogP contribution in [0.25, 0.3) is 0 Å². The Balaban J connectivity index is 4.26. The van der Waals surface area contributed by atoms with Crippen LogP contribution < -0.4 is 0 Å². The summed E-state index contributed by atoms with van der Waals surface area (Å²) in [5.41, 5.74) is 0. The second kappa shape index (κ2) is 61.7. The van der Waals surface area contributed by atoms with E-state index in [2.05, 4.69) is 75.5 Å². The molecule has 0 saturated carbocycles. The van der Waals surface area contributed by atoms with Gasteiger partial charge in [0.25, 0.3) is 0 Å². The first kappa shape index (κ1) is 70.1. The summed E-state index contributed by atoms with van der Waals surface area (Å²) < 4.78 is 16.8. The monoisotopic (exact) mass is 1020 g/mol. The number of carbonyl (C=O) groups excluding carboxylic acids is 3. The number of allylic oxidation sites excluding steroid dienone is 10. The molecule has 0 aliphatic rings. The zero-order chi connectivity index (χ0) is 52.9. The van der Waals surface area contributed by atoms with Crippen molar-refractivity contribution in [3.63, 3.8) is 0 Å². The fraction of sp³-hybridized carbons (Fsp3) is 0.806. The van der Waals surface area contributed by atoms with Crippen LogP contribution in [-0.2, 0) is 28.6 Å². The van der Waals surface area contributed by atoms with Crippen molar-refractivity contribution in [3.05, 3.63) is 60.8 Å². The van der Waals surface area contributed by atoms with E-state index >= 15 is 0 Å². The molecule has 0 heterocycles. The first-order valence-corrected chi connectivity index (χ1v) is 31.8. The number of ether oxygens (including phenoxy) is 3. The average Bonchev–Trinajstić information content (AvgIpc) is 3.39. The highest BCUT2D eigenvalue weighted by Crippen LogP contribution is 2.17. The van der Waals surface area contributed by atoms with Gasteiger partial charge in [0.1, 0.15) is 13.2 Å². The first-order chi connectivity index (χ1) is 36.0. The smallest absolute Gasteiger partial charge is 0.306 e. The molecule has 0 amide bonds. The van der Waals surface area contributed by atoms with Gasteiger partial charge in [0, 0.05) is 19.3 Å². The molecule has 0 saturated heterocycles. The molecule has 0 radical (unpaired) electrons. The van der Waals surface area contributed by atoms with Crippen LogP contribution in [0.2, 0.25) is 0 Å². The summed E-state index contributed by atoms with van der Waals surface area (Å²) in [6, 6.07) is 0. The van der Waals surface area contributed by atoms with Crippen molar-refractivity contribution in [3.8, 4) is 0 Å². The standard InChI is InChI=1S/C67H120O6/c1-4-7-10-13-16-19-22-25-27-29-30-31-32-33-34-35-36-37-38-40-42-45-48-51-54-57-60-66(69)72-63-64(62-71-65(68)59-56-53-50-47-44-41-24-21-18-15-12-9-6-3)73-67(70)61-58-55-52-49-46-43-39-28-26-23-20-17-14-11-8-5-2/h9,12,18,21,28,39,41,44,50,53,64H,4-8,10-11,13-17,19-20,22-27,29-38,40,42-43,45-49,51-52,54-63H2,1-3H3/b12-9-,21-18-,39-28-,44-41-,53-50-. The van der Waals surface area contributed by atoms with Gasteiger partial charge in [-0.25, -0.2) is 0 Å². The lowest BCUT2D eigenvalue weighted by Gasteiger charge is -2.18. The van der Waals surface area contributed by atoms with Gasteiger partial charge in [-0.15, -0.1) is 0 Å². The maximum absolute atomic E-state index is 12.9. The van der Waals surface area contributed by atoms with Gasteiger partial charge >= 0.3 is 17.9 Å². The largest absolute Gasteiger partial charge is 0.462 e. The van der Waals surface area contributed by atoms with Crippen LogP contribution in [0.5, 0.6) is 0 Å². The highest BCUT2D eigenvalue weighted by molar-refractivity contribution is 5.71. The third-order valence-electron chi connectivity index (χ3n) is 14.0. The van der Waals surface area contributed by atoms with E-state index < -0.39 is 6.10 Å². The average molecular weight is 1020 g/mol. The molecular formula is C67H120O6. The van der Waals surface area contributed by atoms with E-state index in [9.17, 15) is 14.4 Å². The Hall–Kier alpha value is -2.89. The van der Waals surface area contributed by atoms with E-state index in [0.29, 0.717) is 19.3 Å². The summed E-state index contributed by atoms with van der Waals surface area (Å²) in [6.07, 6.45) is 78.3. The van der Waals surface area contributed by atoms with Gasteiger partial charge in [-0.05, 0) is 70.6 Å². The third kappa shape index (κ3) is 59.9. The van der Waals surface area contributed by atoms with Gasteiger partial charge in [0.05, 0.1) is 0 Å². The molecule has 6 heteroatoms. The first-order valence-electron chi connectivity index (χ1n) is 31.8. The van der Waals surface area contributed by atoms with Crippen molar-refractivity contribution in [2.45, 2.75) is 335 Å². The van der Waals surface area contributed by atoms with Gasteiger partial charge < -0.3 is 14.2 Å². The molecule has 0 aliphatic carbocycles. The van der Waals surface area contributed by atoms with Crippen LogP contribution in [0.15, 0.2) is 60.8 Å². The Morgan fingerprint density at radius 3 is 0.918 bits per heavy atom. The molecule has 0 N–H and O–H groups in total. The number of hydrogen-bond donors (Lipinski definition) is 0. The summed E-state index contributed by atoms with van der Waals surface area (Å²) in [4.78, 5) is 38.2. The number of carbonyl (C=O) groups is 3. The van der Waals surface area contributed by atoms with Gasteiger partial charge in [0.15, 0.2) is 6.10 Å². The van der Waals surface area contributed by atoms with E-state index in [1.54, 1.807) is 0 Å². The molecule has 0 aromatic carbocycles. The van der Waals surface area contributed by atoms with E-state index in [1.165, 1.54) is 205 Å². The number of unbranched alkanes of at least 4 members (excludes halogenated alkanes) is 37. The number of hydrogen-bond acceptors (Lipinski definition) is 6. The maximum Gasteiger partial charge on any atom is 0.306 e. The molecular weight excluding hydrogens is 901 g/mol. The van der Waals surface area contributed by atoms with Gasteiger partial charge in [-0.1, -0.05) is 300 Å². The van der Waals surface area contributed by atoms with Crippen molar-refractivity contribution >= 4 is 17.9 Å². The van der Waals surface area contributed by atoms with Crippen LogP contribution >= 0.6 is 0 Å². The summed E-state index contributed by atoms with van der Waals surface area (Å²) in [5, 5.41) is 0. The lowest BCUT2D eigenvalue weighted by atomic mass is 10.0. The Morgan fingerprint density at radius 2 is 0.562 bits per heavy atom. The molecule has 1 atom stereocenters. The van der Waals surface area contributed by atoms with Gasteiger partial charge in [-0.3, -0.25) is 14.4 Å². The van der Waals surface area contributed by atoms with Crippen molar-refractivity contribution < 1.29 is 28.6 Å². The van der Waals surface area contributed by atoms with Crippen molar-refractivity contribution in [1.29, 1.82) is 0 Å². The molecule has 0 fully saturated rings. The maximum atomic E-state index is 12.9. The summed E-state index contributed by atoms with van der Waals surface area (Å²) in [6.45, 7) is 6.50. The topological polar surface area (TPSA) is 78.9 Å². The minimum atomic E-state index is -0.806. The van der Waals surface area contributed by atoms with Gasteiger partial charge in [0.2, 0.25) is 0 Å². The second-order valence-corrected chi connectivity index (χ2v) is 21.3. The van der Waals surface area contributed by atoms with Crippen LogP contribution in [-0.4, -0.2) is 37.2 Å². The molecule has 0 spiro atoms. The summed E-state index contributed by atoms with van der Waals surface area (Å²) >= 11 is 0. The normalized spacial score (nSPS) is 12.4. The SMILES string of the molecule is CC/C=C\C/C=C\C/C=C\C/C=C\CCC(=O)OCC(COC(=O)CCCCCCCCCCCCCCCCCCCCCCCCCCCC)OC(=O)CCCCCCC/C=C\CCCCCCCCC. The minimum absolute atomic E-state index is 0.0966. The quantitative estimate of drug-likeness (QED) is 0.0261. The van der Waals surface area contributed by atoms with Crippen LogP contribution in [0.3, 0.4) is 0 Å². The highest BCUT2D eigenvalue weighted by Gasteiger charge is 2.19. The molecule has 0 aromatic heterocycles. The second-order valence-electron chi connectivity index (χ2n) is 21.3. The zero-order valence-electron chi connectivity index (χ0n) is 48.7. The molecule has 73 heavy (non-hydrogen) atoms. The Bertz CT molecular complexity index is 1310. The molecule has 424 valence electrons. The Morgan fingerprint density at radius 1 is 0.288 bits per heavy atom. The third-order valence-corrected chi connectivity index (χ3v) is 14.0. The fourth-order valence-corrected chi connectivity index (χ4v) is 9.28. The van der Waals surface area contributed by atoms with E-state index in [4.69, 9.17) is 14.2 Å². The summed E-state index contributed by atoms with van der Waals surface area (Å²) in [7, 11) is 0. The predicted molar refractivity (Wildman–Crippen MR) is 316 cm³/mol. The van der Waals surface area contributed by atoms with Crippen LogP contribution in [0.4, 0.5) is 0 Å². The Kier molecular flexibility index (Phi) is 59.2. The molecule has 0 bridgehead atoms.